The molecule has 21 heavy (non-hydrogen) atoms. The molecule has 1 unspecified atom stereocenters. The van der Waals surface area contributed by atoms with Crippen LogP contribution in [0.4, 0.5) is 5.69 Å². The van der Waals surface area contributed by atoms with Crippen LogP contribution in [-0.4, -0.2) is 32.8 Å². The van der Waals surface area contributed by atoms with Crippen LogP contribution in [-0.2, 0) is 9.53 Å². The van der Waals surface area contributed by atoms with Crippen molar-refractivity contribution in [3.8, 4) is 5.75 Å². The van der Waals surface area contributed by atoms with Crippen LogP contribution in [0.25, 0.3) is 0 Å². The van der Waals surface area contributed by atoms with Crippen molar-refractivity contribution >= 4 is 11.7 Å². The normalized spacial score (nSPS) is 17.4. The highest BCUT2D eigenvalue weighted by atomic mass is 16.5. The fourth-order valence-corrected chi connectivity index (χ4v) is 2.92. The van der Waals surface area contributed by atoms with E-state index in [1.165, 1.54) is 5.69 Å². The standard InChI is InChI=1S/C17H25NO3/c1-4-21-17(19)13(2)14-9-11-18(12-10-14)15-5-7-16(20-3)8-6-15/h5-8,13-14H,4,9-12H2,1-3H3. The van der Waals surface area contributed by atoms with Crippen LogP contribution in [0, 0.1) is 11.8 Å². The molecule has 0 aliphatic carbocycles. The molecular weight excluding hydrogens is 266 g/mol. The van der Waals surface area contributed by atoms with Gasteiger partial charge in [-0.1, -0.05) is 6.92 Å². The maximum Gasteiger partial charge on any atom is 0.308 e. The molecule has 0 aromatic heterocycles. The van der Waals surface area contributed by atoms with Crippen LogP contribution in [0.2, 0.25) is 0 Å². The lowest BCUT2D eigenvalue weighted by Gasteiger charge is -2.35. The molecule has 1 heterocycles. The minimum absolute atomic E-state index is 0.00275. The van der Waals surface area contributed by atoms with Crippen molar-refractivity contribution in [2.75, 3.05) is 31.7 Å². The summed E-state index contributed by atoms with van der Waals surface area (Å²) in [6.45, 7) is 6.29. The van der Waals surface area contributed by atoms with E-state index < -0.39 is 0 Å². The Morgan fingerprint density at radius 2 is 1.90 bits per heavy atom. The topological polar surface area (TPSA) is 38.8 Å². The van der Waals surface area contributed by atoms with E-state index >= 15 is 0 Å². The van der Waals surface area contributed by atoms with Gasteiger partial charge in [-0.25, -0.2) is 0 Å². The minimum atomic E-state index is -0.0552. The number of hydrogen-bond acceptors (Lipinski definition) is 4. The van der Waals surface area contributed by atoms with Crippen molar-refractivity contribution in [2.45, 2.75) is 26.7 Å². The molecule has 4 nitrogen and oxygen atoms in total. The molecule has 2 rings (SSSR count). The zero-order valence-corrected chi connectivity index (χ0v) is 13.2. The van der Waals surface area contributed by atoms with Crippen LogP contribution < -0.4 is 9.64 Å². The molecule has 0 N–H and O–H groups in total. The molecule has 0 bridgehead atoms. The first kappa shape index (κ1) is 15.7. The maximum absolute atomic E-state index is 11.8. The van der Waals surface area contributed by atoms with E-state index in [-0.39, 0.29) is 11.9 Å². The molecule has 0 spiro atoms. The van der Waals surface area contributed by atoms with Crippen molar-refractivity contribution < 1.29 is 14.3 Å². The Morgan fingerprint density at radius 1 is 1.29 bits per heavy atom. The Kier molecular flexibility index (Phi) is 5.48. The SMILES string of the molecule is CCOC(=O)C(C)C1CCN(c2ccc(OC)cc2)CC1. The lowest BCUT2D eigenvalue weighted by Crippen LogP contribution is -2.37. The van der Waals surface area contributed by atoms with E-state index in [4.69, 9.17) is 9.47 Å². The lowest BCUT2D eigenvalue weighted by molar-refractivity contribution is -0.149. The van der Waals surface area contributed by atoms with Gasteiger partial charge in [0.1, 0.15) is 5.75 Å². The number of nitrogens with zero attached hydrogens (tertiary/aromatic N) is 1. The first-order chi connectivity index (χ1) is 10.2. The second-order valence-corrected chi connectivity index (χ2v) is 5.56. The van der Waals surface area contributed by atoms with Crippen LogP contribution in [0.15, 0.2) is 24.3 Å². The zero-order valence-electron chi connectivity index (χ0n) is 13.2. The van der Waals surface area contributed by atoms with Crippen LogP contribution in [0.5, 0.6) is 5.75 Å². The quantitative estimate of drug-likeness (QED) is 0.781. The highest BCUT2D eigenvalue weighted by Gasteiger charge is 2.29. The van der Waals surface area contributed by atoms with Gasteiger partial charge in [0.05, 0.1) is 19.6 Å². The number of rotatable bonds is 5. The number of carbonyl (C=O) groups excluding carboxylic acids is 1. The Hall–Kier alpha value is -1.71. The Balaban J connectivity index is 1.88. The summed E-state index contributed by atoms with van der Waals surface area (Å²) in [5, 5.41) is 0. The van der Waals surface area contributed by atoms with Gasteiger partial charge in [-0.2, -0.15) is 0 Å². The Morgan fingerprint density at radius 3 is 2.43 bits per heavy atom. The van der Waals surface area contributed by atoms with E-state index in [9.17, 15) is 4.79 Å². The number of anilines is 1. The average molecular weight is 291 g/mol. The minimum Gasteiger partial charge on any atom is -0.497 e. The van der Waals surface area contributed by atoms with Crippen molar-refractivity contribution in [3.05, 3.63) is 24.3 Å². The first-order valence-corrected chi connectivity index (χ1v) is 7.71. The number of ether oxygens (including phenoxy) is 2. The second kappa shape index (κ2) is 7.34. The summed E-state index contributed by atoms with van der Waals surface area (Å²) in [5.74, 6) is 1.26. The molecule has 1 fully saturated rings. The summed E-state index contributed by atoms with van der Waals surface area (Å²) in [5.41, 5.74) is 1.22. The largest absolute Gasteiger partial charge is 0.497 e. The smallest absolute Gasteiger partial charge is 0.308 e. The van der Waals surface area contributed by atoms with E-state index in [0.29, 0.717) is 12.5 Å². The molecule has 1 aromatic rings. The van der Waals surface area contributed by atoms with Crippen molar-refractivity contribution in [1.82, 2.24) is 0 Å². The average Bonchev–Trinajstić information content (AvgIpc) is 2.54. The number of esters is 1. The lowest BCUT2D eigenvalue weighted by atomic mass is 9.85. The summed E-state index contributed by atoms with van der Waals surface area (Å²) < 4.78 is 10.3. The number of benzene rings is 1. The van der Waals surface area contributed by atoms with Crippen molar-refractivity contribution in [2.24, 2.45) is 11.8 Å². The number of piperidine rings is 1. The van der Waals surface area contributed by atoms with Gasteiger partial charge in [0.2, 0.25) is 0 Å². The van der Waals surface area contributed by atoms with Gasteiger partial charge in [-0.3, -0.25) is 4.79 Å². The van der Waals surface area contributed by atoms with Gasteiger partial charge in [-0.15, -0.1) is 0 Å². The maximum atomic E-state index is 11.8. The van der Waals surface area contributed by atoms with Gasteiger partial charge in [0.25, 0.3) is 0 Å². The van der Waals surface area contributed by atoms with Crippen molar-refractivity contribution in [3.63, 3.8) is 0 Å². The summed E-state index contributed by atoms with van der Waals surface area (Å²) in [6.07, 6.45) is 2.07. The van der Waals surface area contributed by atoms with Crippen LogP contribution in [0.3, 0.4) is 0 Å². The fourth-order valence-electron chi connectivity index (χ4n) is 2.92. The molecule has 0 amide bonds. The highest BCUT2D eigenvalue weighted by Crippen LogP contribution is 2.29. The third kappa shape index (κ3) is 3.90. The van der Waals surface area contributed by atoms with Gasteiger partial charge in [0.15, 0.2) is 0 Å². The molecule has 1 aliphatic heterocycles. The molecule has 116 valence electrons. The number of carbonyl (C=O) groups is 1. The van der Waals surface area contributed by atoms with Gasteiger partial charge in [0, 0.05) is 18.8 Å². The van der Waals surface area contributed by atoms with Crippen molar-refractivity contribution in [1.29, 1.82) is 0 Å². The predicted molar refractivity (Wildman–Crippen MR) is 83.7 cm³/mol. The first-order valence-electron chi connectivity index (χ1n) is 7.71. The van der Waals surface area contributed by atoms with E-state index in [1.807, 2.05) is 26.0 Å². The van der Waals surface area contributed by atoms with Gasteiger partial charge >= 0.3 is 5.97 Å². The molecule has 1 aromatic carbocycles. The summed E-state index contributed by atoms with van der Waals surface area (Å²) in [6, 6.07) is 8.16. The Bertz CT molecular complexity index is 450. The van der Waals surface area contributed by atoms with E-state index in [1.54, 1.807) is 7.11 Å². The second-order valence-electron chi connectivity index (χ2n) is 5.56. The molecule has 1 aliphatic rings. The molecule has 4 heteroatoms. The summed E-state index contributed by atoms with van der Waals surface area (Å²) in [4.78, 5) is 14.2. The van der Waals surface area contributed by atoms with Gasteiger partial charge in [-0.05, 0) is 49.9 Å². The summed E-state index contributed by atoms with van der Waals surface area (Å²) >= 11 is 0. The molecule has 1 saturated heterocycles. The number of hydrogen-bond donors (Lipinski definition) is 0. The molecular formula is C17H25NO3. The fraction of sp³-hybridized carbons (Fsp3) is 0.588. The number of methoxy groups -OCH3 is 1. The molecule has 0 radical (unpaired) electrons. The van der Waals surface area contributed by atoms with Crippen LogP contribution >= 0.6 is 0 Å². The third-order valence-corrected chi connectivity index (χ3v) is 4.34. The summed E-state index contributed by atoms with van der Waals surface area (Å²) in [7, 11) is 1.68. The highest BCUT2D eigenvalue weighted by molar-refractivity contribution is 5.72. The monoisotopic (exact) mass is 291 g/mol. The van der Waals surface area contributed by atoms with Crippen LogP contribution in [0.1, 0.15) is 26.7 Å². The predicted octanol–water partition coefficient (Wildman–Crippen LogP) is 3.11. The van der Waals surface area contributed by atoms with Gasteiger partial charge < -0.3 is 14.4 Å². The zero-order chi connectivity index (χ0) is 15.2. The van der Waals surface area contributed by atoms with E-state index in [0.717, 1.165) is 31.7 Å². The molecule has 1 atom stereocenters. The molecule has 0 saturated carbocycles. The Labute approximate surface area is 127 Å². The third-order valence-electron chi connectivity index (χ3n) is 4.34. The van der Waals surface area contributed by atoms with E-state index in [2.05, 4.69) is 17.0 Å².